The highest BCUT2D eigenvalue weighted by Gasteiger charge is 2.27. The van der Waals surface area contributed by atoms with Crippen molar-refractivity contribution in [3.8, 4) is 0 Å². The second-order valence-electron chi connectivity index (χ2n) is 6.60. The lowest BCUT2D eigenvalue weighted by Crippen LogP contribution is -2.38. The molecule has 100 valence electrons. The molecule has 1 unspecified atom stereocenters. The van der Waals surface area contributed by atoms with Gasteiger partial charge in [0.15, 0.2) is 0 Å². The topological polar surface area (TPSA) is 46.3 Å². The lowest BCUT2D eigenvalue weighted by molar-refractivity contribution is -0.131. The van der Waals surface area contributed by atoms with Crippen LogP contribution >= 0.6 is 0 Å². The van der Waals surface area contributed by atoms with Gasteiger partial charge in [0.2, 0.25) is 5.91 Å². The molecule has 1 rings (SSSR count). The van der Waals surface area contributed by atoms with E-state index in [1.807, 2.05) is 4.90 Å². The number of carbonyl (C=O) groups is 1. The van der Waals surface area contributed by atoms with Crippen molar-refractivity contribution in [2.45, 2.75) is 59.4 Å². The maximum absolute atomic E-state index is 12.1. The van der Waals surface area contributed by atoms with Crippen molar-refractivity contribution >= 4 is 5.91 Å². The quantitative estimate of drug-likeness (QED) is 0.775. The lowest BCUT2D eigenvalue weighted by Gasteiger charge is -2.26. The summed E-state index contributed by atoms with van der Waals surface area (Å²) in [6, 6.07) is -0.00393. The number of nitrogens with two attached hydrogens (primary N) is 1. The molecule has 0 aliphatic heterocycles. The molecule has 1 amide bonds. The molecule has 0 aromatic carbocycles. The van der Waals surface area contributed by atoms with Crippen molar-refractivity contribution in [1.82, 2.24) is 4.90 Å². The molecule has 1 fully saturated rings. The van der Waals surface area contributed by atoms with E-state index in [1.54, 1.807) is 0 Å². The zero-order valence-corrected chi connectivity index (χ0v) is 11.8. The first kappa shape index (κ1) is 14.5. The Morgan fingerprint density at radius 1 is 1.41 bits per heavy atom. The van der Waals surface area contributed by atoms with E-state index < -0.39 is 0 Å². The van der Waals surface area contributed by atoms with Crippen LogP contribution in [0.25, 0.3) is 0 Å². The molecule has 1 aliphatic rings. The van der Waals surface area contributed by atoms with Crippen LogP contribution in [0.15, 0.2) is 0 Å². The van der Waals surface area contributed by atoms with E-state index >= 15 is 0 Å². The SMILES string of the molecule is CCN(CC1CC1)C(=O)CC(N)CC(C)(C)C. The number of hydrogen-bond donors (Lipinski definition) is 1. The fraction of sp³-hybridized carbons (Fsp3) is 0.929. The van der Waals surface area contributed by atoms with Gasteiger partial charge in [0.1, 0.15) is 0 Å². The minimum absolute atomic E-state index is 0.00393. The van der Waals surface area contributed by atoms with Gasteiger partial charge in [0.05, 0.1) is 0 Å². The van der Waals surface area contributed by atoms with Crippen LogP contribution in [0.5, 0.6) is 0 Å². The Labute approximate surface area is 106 Å². The highest BCUT2D eigenvalue weighted by Crippen LogP contribution is 2.30. The molecule has 3 nitrogen and oxygen atoms in total. The van der Waals surface area contributed by atoms with Crippen LogP contribution in [-0.2, 0) is 4.79 Å². The molecule has 0 aromatic rings. The summed E-state index contributed by atoms with van der Waals surface area (Å²) in [5.41, 5.74) is 6.25. The third kappa shape index (κ3) is 6.06. The Bertz CT molecular complexity index is 253. The van der Waals surface area contributed by atoms with E-state index in [2.05, 4.69) is 27.7 Å². The summed E-state index contributed by atoms with van der Waals surface area (Å²) in [5.74, 6) is 0.994. The normalized spacial score (nSPS) is 17.9. The Morgan fingerprint density at radius 2 is 2.00 bits per heavy atom. The van der Waals surface area contributed by atoms with Crippen molar-refractivity contribution in [1.29, 1.82) is 0 Å². The molecule has 2 N–H and O–H groups in total. The average Bonchev–Trinajstić information content (AvgIpc) is 2.93. The van der Waals surface area contributed by atoms with Crippen LogP contribution in [0.3, 0.4) is 0 Å². The van der Waals surface area contributed by atoms with Crippen LogP contribution in [0.1, 0.15) is 53.4 Å². The maximum Gasteiger partial charge on any atom is 0.224 e. The first-order chi connectivity index (χ1) is 7.81. The fourth-order valence-corrected chi connectivity index (χ4v) is 2.23. The number of amides is 1. The summed E-state index contributed by atoms with van der Waals surface area (Å²) in [5, 5.41) is 0. The molecular weight excluding hydrogens is 212 g/mol. The largest absolute Gasteiger partial charge is 0.343 e. The van der Waals surface area contributed by atoms with Gasteiger partial charge in [0, 0.05) is 25.6 Å². The summed E-state index contributed by atoms with van der Waals surface area (Å²) in [6.45, 7) is 10.3. The van der Waals surface area contributed by atoms with Gasteiger partial charge in [-0.05, 0) is 37.5 Å². The number of nitrogens with zero attached hydrogens (tertiary/aromatic N) is 1. The molecule has 0 radical (unpaired) electrons. The van der Waals surface area contributed by atoms with Crippen molar-refractivity contribution in [2.24, 2.45) is 17.1 Å². The van der Waals surface area contributed by atoms with Gasteiger partial charge < -0.3 is 10.6 Å². The Hall–Kier alpha value is -0.570. The smallest absolute Gasteiger partial charge is 0.224 e. The Morgan fingerprint density at radius 3 is 2.41 bits per heavy atom. The molecule has 0 saturated heterocycles. The van der Waals surface area contributed by atoms with Gasteiger partial charge in [-0.3, -0.25) is 4.79 Å². The summed E-state index contributed by atoms with van der Waals surface area (Å²) in [6.07, 6.45) is 3.98. The van der Waals surface area contributed by atoms with Gasteiger partial charge in [-0.2, -0.15) is 0 Å². The highest BCUT2D eigenvalue weighted by molar-refractivity contribution is 5.76. The molecule has 1 aliphatic carbocycles. The van der Waals surface area contributed by atoms with Gasteiger partial charge in [0.25, 0.3) is 0 Å². The summed E-state index contributed by atoms with van der Waals surface area (Å²) in [7, 11) is 0. The molecule has 1 saturated carbocycles. The number of carbonyl (C=O) groups excluding carboxylic acids is 1. The van der Waals surface area contributed by atoms with Crippen molar-refractivity contribution in [3.63, 3.8) is 0 Å². The minimum Gasteiger partial charge on any atom is -0.343 e. The fourth-order valence-electron chi connectivity index (χ4n) is 2.23. The van der Waals surface area contributed by atoms with Crippen molar-refractivity contribution in [3.05, 3.63) is 0 Å². The van der Waals surface area contributed by atoms with Gasteiger partial charge in [-0.15, -0.1) is 0 Å². The molecule has 0 heterocycles. The minimum atomic E-state index is -0.00393. The summed E-state index contributed by atoms with van der Waals surface area (Å²) < 4.78 is 0. The monoisotopic (exact) mass is 240 g/mol. The van der Waals surface area contributed by atoms with Crippen molar-refractivity contribution in [2.75, 3.05) is 13.1 Å². The second-order valence-corrected chi connectivity index (χ2v) is 6.60. The van der Waals surface area contributed by atoms with Crippen LogP contribution in [0.2, 0.25) is 0 Å². The van der Waals surface area contributed by atoms with E-state index in [0.29, 0.717) is 6.42 Å². The Balaban J connectivity index is 2.34. The number of hydrogen-bond acceptors (Lipinski definition) is 2. The van der Waals surface area contributed by atoms with Crippen LogP contribution in [0.4, 0.5) is 0 Å². The Kier molecular flexibility index (Phi) is 4.99. The first-order valence-corrected chi connectivity index (χ1v) is 6.85. The molecule has 0 spiro atoms. The second kappa shape index (κ2) is 5.85. The molecular formula is C14H28N2O. The van der Waals surface area contributed by atoms with Gasteiger partial charge in [-0.25, -0.2) is 0 Å². The highest BCUT2D eigenvalue weighted by atomic mass is 16.2. The number of rotatable bonds is 6. The van der Waals surface area contributed by atoms with Crippen LogP contribution < -0.4 is 5.73 Å². The predicted molar refractivity (Wildman–Crippen MR) is 71.6 cm³/mol. The van der Waals surface area contributed by atoms with E-state index in [9.17, 15) is 4.79 Å². The lowest BCUT2D eigenvalue weighted by atomic mass is 9.87. The van der Waals surface area contributed by atoms with E-state index in [4.69, 9.17) is 5.73 Å². The first-order valence-electron chi connectivity index (χ1n) is 6.85. The average molecular weight is 240 g/mol. The third-order valence-electron chi connectivity index (χ3n) is 3.22. The molecule has 0 bridgehead atoms. The zero-order valence-electron chi connectivity index (χ0n) is 11.8. The standard InChI is InChI=1S/C14H28N2O/c1-5-16(10-11-6-7-11)13(17)8-12(15)9-14(2,3)4/h11-12H,5-10,15H2,1-4H3. The maximum atomic E-state index is 12.1. The van der Waals surface area contributed by atoms with Gasteiger partial charge >= 0.3 is 0 Å². The van der Waals surface area contributed by atoms with Crippen LogP contribution in [-0.4, -0.2) is 29.9 Å². The molecule has 0 aromatic heterocycles. The van der Waals surface area contributed by atoms with E-state index in [1.165, 1.54) is 12.8 Å². The van der Waals surface area contributed by atoms with Gasteiger partial charge in [-0.1, -0.05) is 20.8 Å². The third-order valence-corrected chi connectivity index (χ3v) is 3.22. The molecule has 17 heavy (non-hydrogen) atoms. The predicted octanol–water partition coefficient (Wildman–Crippen LogP) is 2.40. The van der Waals surface area contributed by atoms with Crippen LogP contribution in [0, 0.1) is 11.3 Å². The molecule has 3 heteroatoms. The zero-order chi connectivity index (χ0) is 13.1. The van der Waals surface area contributed by atoms with E-state index in [0.717, 1.165) is 25.4 Å². The van der Waals surface area contributed by atoms with E-state index in [-0.39, 0.29) is 17.4 Å². The summed E-state index contributed by atoms with van der Waals surface area (Å²) >= 11 is 0. The van der Waals surface area contributed by atoms with Crippen molar-refractivity contribution < 1.29 is 4.79 Å². The molecule has 1 atom stereocenters. The summed E-state index contributed by atoms with van der Waals surface area (Å²) in [4.78, 5) is 14.1.